The second-order valence-corrected chi connectivity index (χ2v) is 6.40. The number of anilines is 1. The number of thioether (sulfide) groups is 1. The van der Waals surface area contributed by atoms with Crippen LogP contribution in [0.5, 0.6) is 5.75 Å². The summed E-state index contributed by atoms with van der Waals surface area (Å²) < 4.78 is 5.25. The molecule has 116 valence electrons. The molecule has 2 aromatic rings. The SMILES string of the molecule is COc1ccccc1NC(=O)[C@H](C)SCc1ccccc1C. The quantitative estimate of drug-likeness (QED) is 0.865. The summed E-state index contributed by atoms with van der Waals surface area (Å²) in [5, 5.41) is 2.79. The van der Waals surface area contributed by atoms with E-state index in [1.807, 2.05) is 43.3 Å². The van der Waals surface area contributed by atoms with Gasteiger partial charge in [-0.3, -0.25) is 4.79 Å². The molecule has 0 aliphatic rings. The molecule has 2 aromatic carbocycles. The molecule has 0 aliphatic carbocycles. The van der Waals surface area contributed by atoms with E-state index in [1.165, 1.54) is 11.1 Å². The van der Waals surface area contributed by atoms with Crippen molar-refractivity contribution in [3.8, 4) is 5.75 Å². The van der Waals surface area contributed by atoms with E-state index in [0.717, 1.165) is 5.75 Å². The molecule has 0 heterocycles. The van der Waals surface area contributed by atoms with E-state index in [9.17, 15) is 4.79 Å². The summed E-state index contributed by atoms with van der Waals surface area (Å²) in [5.74, 6) is 1.49. The highest BCUT2D eigenvalue weighted by Crippen LogP contribution is 2.25. The lowest BCUT2D eigenvalue weighted by molar-refractivity contribution is -0.115. The van der Waals surface area contributed by atoms with Gasteiger partial charge < -0.3 is 10.1 Å². The number of carbonyl (C=O) groups excluding carboxylic acids is 1. The molecule has 0 aromatic heterocycles. The van der Waals surface area contributed by atoms with E-state index >= 15 is 0 Å². The molecule has 0 fully saturated rings. The van der Waals surface area contributed by atoms with Gasteiger partial charge >= 0.3 is 0 Å². The number of amides is 1. The first-order valence-corrected chi connectivity index (χ1v) is 8.26. The van der Waals surface area contributed by atoms with Crippen LogP contribution in [0, 0.1) is 6.92 Å². The average molecular weight is 315 g/mol. The Hall–Kier alpha value is -1.94. The highest BCUT2D eigenvalue weighted by molar-refractivity contribution is 7.99. The van der Waals surface area contributed by atoms with Crippen molar-refractivity contribution < 1.29 is 9.53 Å². The van der Waals surface area contributed by atoms with Crippen molar-refractivity contribution in [2.24, 2.45) is 0 Å². The molecule has 0 bridgehead atoms. The lowest BCUT2D eigenvalue weighted by Crippen LogP contribution is -2.22. The number of hydrogen-bond donors (Lipinski definition) is 1. The van der Waals surface area contributed by atoms with Crippen LogP contribution in [0.15, 0.2) is 48.5 Å². The Morgan fingerprint density at radius 2 is 1.86 bits per heavy atom. The summed E-state index contributed by atoms with van der Waals surface area (Å²) in [5.41, 5.74) is 3.23. The molecule has 0 saturated heterocycles. The minimum atomic E-state index is -0.135. The van der Waals surface area contributed by atoms with Crippen molar-refractivity contribution in [2.45, 2.75) is 24.9 Å². The van der Waals surface area contributed by atoms with Gasteiger partial charge in [-0.15, -0.1) is 11.8 Å². The Bertz CT molecular complexity index is 642. The fourth-order valence-electron chi connectivity index (χ4n) is 2.04. The molecule has 1 atom stereocenters. The first-order valence-electron chi connectivity index (χ1n) is 7.22. The first-order chi connectivity index (χ1) is 10.6. The van der Waals surface area contributed by atoms with Crippen molar-refractivity contribution in [1.29, 1.82) is 0 Å². The van der Waals surface area contributed by atoms with Crippen molar-refractivity contribution in [2.75, 3.05) is 12.4 Å². The molecule has 0 unspecified atom stereocenters. The summed E-state index contributed by atoms with van der Waals surface area (Å²) >= 11 is 1.63. The monoisotopic (exact) mass is 315 g/mol. The molecular weight excluding hydrogens is 294 g/mol. The molecule has 0 aliphatic heterocycles. The molecule has 0 radical (unpaired) electrons. The average Bonchev–Trinajstić information content (AvgIpc) is 2.54. The third-order valence-electron chi connectivity index (χ3n) is 3.48. The Kier molecular flexibility index (Phi) is 5.90. The molecule has 2 rings (SSSR count). The summed E-state index contributed by atoms with van der Waals surface area (Å²) in [6.07, 6.45) is 0. The zero-order valence-electron chi connectivity index (χ0n) is 13.1. The molecule has 0 spiro atoms. The molecule has 1 N–H and O–H groups in total. The number of aryl methyl sites for hydroxylation is 1. The van der Waals surface area contributed by atoms with Gasteiger partial charge in [-0.05, 0) is 37.1 Å². The van der Waals surface area contributed by atoms with E-state index in [4.69, 9.17) is 4.74 Å². The van der Waals surface area contributed by atoms with E-state index in [1.54, 1.807) is 18.9 Å². The minimum absolute atomic E-state index is 0.0110. The maximum absolute atomic E-state index is 12.3. The fraction of sp³-hybridized carbons (Fsp3) is 0.278. The Morgan fingerprint density at radius 3 is 2.59 bits per heavy atom. The fourth-order valence-corrected chi connectivity index (χ4v) is 3.01. The number of carbonyl (C=O) groups is 1. The summed E-state index contributed by atoms with van der Waals surface area (Å²) in [4.78, 5) is 12.3. The molecule has 3 nitrogen and oxygen atoms in total. The standard InChI is InChI=1S/C18H21NO2S/c1-13-8-4-5-9-15(13)12-22-14(2)18(20)19-16-10-6-7-11-17(16)21-3/h4-11,14H,12H2,1-3H3,(H,19,20)/t14-/m0/s1. The Labute approximate surface area is 136 Å². The van der Waals surface area contributed by atoms with Gasteiger partial charge in [-0.2, -0.15) is 0 Å². The number of benzene rings is 2. The molecule has 1 amide bonds. The largest absolute Gasteiger partial charge is 0.495 e. The summed E-state index contributed by atoms with van der Waals surface area (Å²) in [6, 6.07) is 15.7. The van der Waals surface area contributed by atoms with Gasteiger partial charge in [0.2, 0.25) is 5.91 Å². The first kappa shape index (κ1) is 16.4. The van der Waals surface area contributed by atoms with E-state index in [2.05, 4.69) is 24.4 Å². The predicted molar refractivity (Wildman–Crippen MR) is 93.6 cm³/mol. The van der Waals surface area contributed by atoms with Gasteiger partial charge in [0.05, 0.1) is 18.0 Å². The third-order valence-corrected chi connectivity index (χ3v) is 4.68. The van der Waals surface area contributed by atoms with Crippen LogP contribution in [0.3, 0.4) is 0 Å². The minimum Gasteiger partial charge on any atom is -0.495 e. The number of para-hydroxylation sites is 2. The Morgan fingerprint density at radius 1 is 1.18 bits per heavy atom. The van der Waals surface area contributed by atoms with Crippen LogP contribution in [0.2, 0.25) is 0 Å². The van der Waals surface area contributed by atoms with Crippen molar-refractivity contribution in [3.63, 3.8) is 0 Å². The summed E-state index contributed by atoms with van der Waals surface area (Å²) in [7, 11) is 1.60. The molecular formula is C18H21NO2S. The molecule has 0 saturated carbocycles. The second-order valence-electron chi connectivity index (χ2n) is 5.07. The van der Waals surface area contributed by atoms with Gasteiger partial charge in [0, 0.05) is 5.75 Å². The molecule has 22 heavy (non-hydrogen) atoms. The van der Waals surface area contributed by atoms with E-state index in [0.29, 0.717) is 11.4 Å². The van der Waals surface area contributed by atoms with Gasteiger partial charge in [0.1, 0.15) is 5.75 Å². The Balaban J connectivity index is 1.94. The number of methoxy groups -OCH3 is 1. The van der Waals surface area contributed by atoms with Crippen LogP contribution in [-0.4, -0.2) is 18.3 Å². The van der Waals surface area contributed by atoms with Crippen molar-refractivity contribution in [1.82, 2.24) is 0 Å². The van der Waals surface area contributed by atoms with Gasteiger partial charge in [0.25, 0.3) is 0 Å². The zero-order valence-corrected chi connectivity index (χ0v) is 13.9. The topological polar surface area (TPSA) is 38.3 Å². The molecule has 4 heteroatoms. The maximum atomic E-state index is 12.3. The highest BCUT2D eigenvalue weighted by atomic mass is 32.2. The van der Waals surface area contributed by atoms with E-state index < -0.39 is 0 Å². The van der Waals surface area contributed by atoms with Crippen LogP contribution in [0.1, 0.15) is 18.1 Å². The van der Waals surface area contributed by atoms with Crippen molar-refractivity contribution >= 4 is 23.4 Å². The van der Waals surface area contributed by atoms with Crippen LogP contribution >= 0.6 is 11.8 Å². The van der Waals surface area contributed by atoms with Crippen LogP contribution in [0.25, 0.3) is 0 Å². The van der Waals surface area contributed by atoms with Crippen molar-refractivity contribution in [3.05, 3.63) is 59.7 Å². The van der Waals surface area contributed by atoms with Crippen LogP contribution < -0.4 is 10.1 Å². The number of hydrogen-bond acceptors (Lipinski definition) is 3. The lowest BCUT2D eigenvalue weighted by Gasteiger charge is -2.14. The summed E-state index contributed by atoms with van der Waals surface area (Å²) in [6.45, 7) is 4.02. The van der Waals surface area contributed by atoms with Gasteiger partial charge in [-0.25, -0.2) is 0 Å². The highest BCUT2D eigenvalue weighted by Gasteiger charge is 2.15. The number of rotatable bonds is 6. The zero-order chi connectivity index (χ0) is 15.9. The maximum Gasteiger partial charge on any atom is 0.237 e. The smallest absolute Gasteiger partial charge is 0.237 e. The normalized spacial score (nSPS) is 11.8. The van der Waals surface area contributed by atoms with Gasteiger partial charge in [-0.1, -0.05) is 36.4 Å². The lowest BCUT2D eigenvalue weighted by atomic mass is 10.1. The van der Waals surface area contributed by atoms with Crippen LogP contribution in [0.4, 0.5) is 5.69 Å². The van der Waals surface area contributed by atoms with E-state index in [-0.39, 0.29) is 11.2 Å². The number of nitrogens with one attached hydrogen (secondary N) is 1. The number of ether oxygens (including phenoxy) is 1. The van der Waals surface area contributed by atoms with Crippen LogP contribution in [-0.2, 0) is 10.5 Å². The predicted octanol–water partition coefficient (Wildman–Crippen LogP) is 4.26. The van der Waals surface area contributed by atoms with Gasteiger partial charge in [0.15, 0.2) is 0 Å². The second kappa shape index (κ2) is 7.90. The third kappa shape index (κ3) is 4.28.